The lowest BCUT2D eigenvalue weighted by Gasteiger charge is -2.29. The second kappa shape index (κ2) is 16.7. The number of nitrogens with one attached hydrogen (secondary N) is 3. The molecule has 13 heteroatoms. The highest BCUT2D eigenvalue weighted by Crippen LogP contribution is 2.46. The number of aromatic hydroxyl groups is 3. The molecule has 0 spiro atoms. The molecule has 0 aliphatic carbocycles. The van der Waals surface area contributed by atoms with E-state index in [1.807, 2.05) is 38.6 Å². The summed E-state index contributed by atoms with van der Waals surface area (Å²) in [6, 6.07) is 7.56. The van der Waals surface area contributed by atoms with E-state index in [0.29, 0.717) is 23.8 Å². The number of halogens is 1. The third-order valence-electron chi connectivity index (χ3n) is 9.69. The molecule has 0 aromatic heterocycles. The van der Waals surface area contributed by atoms with Crippen LogP contribution in [0.5, 0.6) is 17.2 Å². The van der Waals surface area contributed by atoms with Crippen LogP contribution in [-0.2, 0) is 9.53 Å². The Morgan fingerprint density at radius 2 is 1.80 bits per heavy atom. The number of phenols is 3. The Bertz CT molecular complexity index is 1690. The minimum atomic E-state index is -0.378. The summed E-state index contributed by atoms with van der Waals surface area (Å²) in [5.74, 6) is -0.181. The molecule has 276 valence electrons. The number of hydrogen-bond donors (Lipinski definition) is 6. The minimum Gasteiger partial charge on any atom is -0.508 e. The second-order valence-electron chi connectivity index (χ2n) is 14.2. The summed E-state index contributed by atoms with van der Waals surface area (Å²) in [5.41, 5.74) is 3.23. The number of allylic oxidation sites excluding steroid dienone is 3. The number of carbonyl (C=O) groups is 3. The number of nitrogens with zero attached hydrogens (tertiary/aromatic N) is 1. The lowest BCUT2D eigenvalue weighted by Crippen LogP contribution is -2.36. The number of alkyl halides is 1. The topological polar surface area (TPSA) is 160 Å². The molecule has 5 rings (SSSR count). The first-order chi connectivity index (χ1) is 24.2. The number of phenolic OH excluding ortho intramolecular Hbond substituents is 3. The zero-order valence-corrected chi connectivity index (χ0v) is 32.0. The standard InChI is InChI=1S/C38H49BrN4O7S/c1-22(15-16-31(38(3,4)39)50-32(47)14-6-5-13-30-34-26(21-51-30)40-37(49)42-34)9-7-10-23(2)17-18-43-27-19-24(44)20-29(46)35(27)41-33-25(36(43)48)11-8-12-28(33)45/h8-9,11-12,17,19-20,26,30-31,34,41,44-46H,5-7,10,13-16,18,21H2,1-4H3,(H2,40,42,49)/b22-9+,23-17+. The highest BCUT2D eigenvalue weighted by molar-refractivity contribution is 9.10. The van der Waals surface area contributed by atoms with Crippen LogP contribution < -0.4 is 20.9 Å². The Morgan fingerprint density at radius 3 is 2.57 bits per heavy atom. The number of para-hydroxylation sites is 1. The van der Waals surface area contributed by atoms with Gasteiger partial charge in [-0.25, -0.2) is 4.79 Å². The molecule has 11 nitrogen and oxygen atoms in total. The van der Waals surface area contributed by atoms with Crippen molar-refractivity contribution in [3.63, 3.8) is 0 Å². The van der Waals surface area contributed by atoms with E-state index >= 15 is 0 Å². The molecule has 3 aliphatic heterocycles. The van der Waals surface area contributed by atoms with E-state index in [-0.39, 0.29) is 81.2 Å². The Kier molecular flexibility index (Phi) is 12.5. The molecule has 2 aromatic carbocycles. The molecule has 4 atom stereocenters. The van der Waals surface area contributed by atoms with Crippen LogP contribution in [0.3, 0.4) is 0 Å². The van der Waals surface area contributed by atoms with E-state index in [2.05, 4.69) is 44.9 Å². The predicted octanol–water partition coefficient (Wildman–Crippen LogP) is 7.77. The number of rotatable bonds is 15. The number of carbonyl (C=O) groups excluding carboxylic acids is 3. The van der Waals surface area contributed by atoms with E-state index in [4.69, 9.17) is 4.74 Å². The van der Waals surface area contributed by atoms with Gasteiger partial charge in [0.05, 0.1) is 33.3 Å². The minimum absolute atomic E-state index is 0.0801. The Balaban J connectivity index is 1.09. The average molecular weight is 786 g/mol. The first kappa shape index (κ1) is 38.4. The molecule has 0 radical (unpaired) electrons. The van der Waals surface area contributed by atoms with Crippen molar-refractivity contribution in [1.29, 1.82) is 0 Å². The highest BCUT2D eigenvalue weighted by atomic mass is 79.9. The maximum Gasteiger partial charge on any atom is 0.315 e. The lowest BCUT2D eigenvalue weighted by atomic mass is 9.98. The van der Waals surface area contributed by atoms with Crippen LogP contribution in [0, 0.1) is 0 Å². The number of anilines is 3. The van der Waals surface area contributed by atoms with Gasteiger partial charge in [0.25, 0.3) is 5.91 Å². The van der Waals surface area contributed by atoms with Crippen LogP contribution in [0.1, 0.15) is 89.4 Å². The van der Waals surface area contributed by atoms with Crippen LogP contribution in [0.25, 0.3) is 0 Å². The van der Waals surface area contributed by atoms with Crippen molar-refractivity contribution >= 4 is 62.7 Å². The van der Waals surface area contributed by atoms with Crippen LogP contribution >= 0.6 is 27.7 Å². The number of unbranched alkanes of at least 4 members (excludes halogenated alkanes) is 1. The average Bonchev–Trinajstić information content (AvgIpc) is 3.58. The van der Waals surface area contributed by atoms with Gasteiger partial charge in [-0.3, -0.25) is 9.59 Å². The van der Waals surface area contributed by atoms with Gasteiger partial charge >= 0.3 is 12.0 Å². The normalized spacial score (nSPS) is 20.8. The molecular formula is C38H49BrN4O7S. The van der Waals surface area contributed by atoms with Gasteiger partial charge in [0.1, 0.15) is 29.0 Å². The summed E-state index contributed by atoms with van der Waals surface area (Å²) in [7, 11) is 0. The van der Waals surface area contributed by atoms with Gasteiger partial charge in [-0.1, -0.05) is 51.7 Å². The summed E-state index contributed by atoms with van der Waals surface area (Å²) in [6.07, 6.45) is 9.89. The van der Waals surface area contributed by atoms with Crippen molar-refractivity contribution in [3.8, 4) is 17.2 Å². The molecule has 2 fully saturated rings. The number of amides is 3. The number of benzene rings is 2. The first-order valence-corrected chi connectivity index (χ1v) is 19.4. The van der Waals surface area contributed by atoms with Gasteiger partial charge in [0, 0.05) is 36.1 Å². The largest absolute Gasteiger partial charge is 0.508 e. The number of ether oxygens (including phenoxy) is 1. The quantitative estimate of drug-likeness (QED) is 0.0202. The predicted molar refractivity (Wildman–Crippen MR) is 206 cm³/mol. The fraction of sp³-hybridized carbons (Fsp3) is 0.500. The van der Waals surface area contributed by atoms with Crippen LogP contribution in [0.2, 0.25) is 0 Å². The number of fused-ring (bicyclic) bond motifs is 3. The molecule has 3 aliphatic rings. The number of esters is 1. The van der Waals surface area contributed by atoms with E-state index in [1.165, 1.54) is 28.7 Å². The summed E-state index contributed by atoms with van der Waals surface area (Å²) in [6.45, 7) is 8.31. The van der Waals surface area contributed by atoms with Crippen LogP contribution in [0.4, 0.5) is 21.9 Å². The molecule has 6 N–H and O–H groups in total. The number of urea groups is 1. The fourth-order valence-corrected chi connectivity index (χ4v) is 8.59. The van der Waals surface area contributed by atoms with Crippen LogP contribution in [0.15, 0.2) is 53.6 Å². The third kappa shape index (κ3) is 9.73. The molecule has 51 heavy (non-hydrogen) atoms. The fourth-order valence-electron chi connectivity index (χ4n) is 6.72. The summed E-state index contributed by atoms with van der Waals surface area (Å²) in [5, 5.41) is 40.6. The van der Waals surface area contributed by atoms with E-state index in [1.54, 1.807) is 12.1 Å². The van der Waals surface area contributed by atoms with E-state index < -0.39 is 0 Å². The van der Waals surface area contributed by atoms with Gasteiger partial charge in [0.2, 0.25) is 0 Å². The van der Waals surface area contributed by atoms with Crippen molar-refractivity contribution < 1.29 is 34.4 Å². The van der Waals surface area contributed by atoms with Gasteiger partial charge in [-0.2, -0.15) is 11.8 Å². The zero-order chi connectivity index (χ0) is 36.9. The molecule has 0 bridgehead atoms. The van der Waals surface area contributed by atoms with E-state index in [9.17, 15) is 29.7 Å². The summed E-state index contributed by atoms with van der Waals surface area (Å²) in [4.78, 5) is 39.5. The van der Waals surface area contributed by atoms with Gasteiger partial charge in [-0.15, -0.1) is 0 Å². The Labute approximate surface area is 312 Å². The van der Waals surface area contributed by atoms with Crippen molar-refractivity contribution in [3.05, 3.63) is 59.2 Å². The van der Waals surface area contributed by atoms with Gasteiger partial charge in [0.15, 0.2) is 0 Å². The van der Waals surface area contributed by atoms with Gasteiger partial charge < -0.3 is 40.9 Å². The Morgan fingerprint density at radius 1 is 1.04 bits per heavy atom. The maximum absolute atomic E-state index is 13.6. The van der Waals surface area contributed by atoms with Crippen LogP contribution in [-0.4, -0.2) is 73.3 Å². The second-order valence-corrected chi connectivity index (χ2v) is 17.5. The van der Waals surface area contributed by atoms with Gasteiger partial charge in [-0.05, 0) is 78.4 Å². The lowest BCUT2D eigenvalue weighted by molar-refractivity contribution is -0.150. The van der Waals surface area contributed by atoms with Crippen molar-refractivity contribution in [2.75, 3.05) is 22.5 Å². The molecular weight excluding hydrogens is 736 g/mol. The summed E-state index contributed by atoms with van der Waals surface area (Å²) >= 11 is 5.61. The molecule has 3 heterocycles. The molecule has 0 saturated carbocycles. The smallest absolute Gasteiger partial charge is 0.315 e. The molecule has 3 amide bonds. The molecule has 4 unspecified atom stereocenters. The zero-order valence-electron chi connectivity index (χ0n) is 29.6. The maximum atomic E-state index is 13.6. The number of thioether (sulfide) groups is 1. The first-order valence-electron chi connectivity index (χ1n) is 17.6. The monoisotopic (exact) mass is 784 g/mol. The SMILES string of the molecule is C/C(=C\CN1C(=O)c2cccc(O)c2Nc2c(O)cc(O)cc21)CC/C=C(\C)CCC(OC(=O)CCCCC1SCC2NC(=O)NC21)C(C)(C)Br. The van der Waals surface area contributed by atoms with Crippen molar-refractivity contribution in [2.45, 2.75) is 107 Å². The molecule has 2 aromatic rings. The Hall–Kier alpha value is -3.84. The van der Waals surface area contributed by atoms with Crippen molar-refractivity contribution in [1.82, 2.24) is 10.6 Å². The molecule has 2 saturated heterocycles. The highest BCUT2D eigenvalue weighted by Gasteiger charge is 2.42. The number of hydrogen-bond acceptors (Lipinski definition) is 9. The van der Waals surface area contributed by atoms with E-state index in [0.717, 1.165) is 49.9 Å². The van der Waals surface area contributed by atoms with Crippen molar-refractivity contribution in [2.24, 2.45) is 0 Å². The third-order valence-corrected chi connectivity index (χ3v) is 11.7. The summed E-state index contributed by atoms with van der Waals surface area (Å²) < 4.78 is 5.58.